The Morgan fingerprint density at radius 2 is 1.08 bits per heavy atom. The molecule has 0 fully saturated rings. The number of likely N-dealkylation sites (N-methyl/N-ethyl adjacent to an activating group) is 1. The zero-order valence-corrected chi connectivity index (χ0v) is 14.7. The number of benzene rings is 2. The van der Waals surface area contributed by atoms with Crippen molar-refractivity contribution in [2.45, 2.75) is 0 Å². The maximum absolute atomic E-state index is 11.9. The van der Waals surface area contributed by atoms with Crippen LogP contribution in [-0.4, -0.2) is 56.8 Å². The third-order valence-electron chi connectivity index (χ3n) is 3.88. The molecule has 0 aromatic heterocycles. The van der Waals surface area contributed by atoms with Crippen LogP contribution in [0.3, 0.4) is 0 Å². The number of ether oxygens (including phenoxy) is 2. The van der Waals surface area contributed by atoms with E-state index in [1.807, 2.05) is 26.2 Å². The number of esters is 2. The highest BCUT2D eigenvalue weighted by atomic mass is 16.5. The van der Waals surface area contributed by atoms with Gasteiger partial charge in [0.05, 0.1) is 25.2 Å². The largest absolute Gasteiger partial charge is 0.456 e. The Morgan fingerprint density at radius 1 is 0.720 bits per heavy atom. The fraction of sp³-hybridized carbons (Fsp3) is 0.300. The Kier molecular flexibility index (Phi) is 6.71. The number of hydrogen-bond donors (Lipinski definition) is 0. The van der Waals surface area contributed by atoms with Crippen LogP contribution in [0.15, 0.2) is 60.7 Å². The Hall–Kier alpha value is -2.66. The summed E-state index contributed by atoms with van der Waals surface area (Å²) in [5.74, 6) is -0.646. The number of quaternary nitrogens is 1. The summed E-state index contributed by atoms with van der Waals surface area (Å²) in [7, 11) is 4.01. The van der Waals surface area contributed by atoms with E-state index >= 15 is 0 Å². The molecule has 0 spiro atoms. The summed E-state index contributed by atoms with van der Waals surface area (Å²) in [6.07, 6.45) is 0. The highest BCUT2D eigenvalue weighted by Gasteiger charge is 2.17. The van der Waals surface area contributed by atoms with Crippen LogP contribution >= 0.6 is 0 Å². The van der Waals surface area contributed by atoms with Crippen LogP contribution in [0, 0.1) is 0 Å². The average molecular weight is 342 g/mol. The Labute approximate surface area is 148 Å². The van der Waals surface area contributed by atoms with Gasteiger partial charge >= 0.3 is 11.9 Å². The number of rotatable bonds is 8. The second-order valence-corrected chi connectivity index (χ2v) is 6.39. The number of carbonyl (C=O) groups excluding carboxylic acids is 2. The first-order chi connectivity index (χ1) is 12.0. The third kappa shape index (κ3) is 6.39. The fourth-order valence-electron chi connectivity index (χ4n) is 2.20. The summed E-state index contributed by atoms with van der Waals surface area (Å²) >= 11 is 0. The molecule has 0 aliphatic carbocycles. The van der Waals surface area contributed by atoms with E-state index in [0.717, 1.165) is 0 Å². The second-order valence-electron chi connectivity index (χ2n) is 6.39. The summed E-state index contributed by atoms with van der Waals surface area (Å²) in [6.45, 7) is 1.91. The summed E-state index contributed by atoms with van der Waals surface area (Å²) in [5.41, 5.74) is 1.09. The molecule has 25 heavy (non-hydrogen) atoms. The van der Waals surface area contributed by atoms with E-state index in [9.17, 15) is 9.59 Å². The van der Waals surface area contributed by atoms with Crippen molar-refractivity contribution in [1.82, 2.24) is 0 Å². The molecule has 2 aromatic carbocycles. The first-order valence-corrected chi connectivity index (χ1v) is 8.24. The van der Waals surface area contributed by atoms with E-state index in [0.29, 0.717) is 41.9 Å². The first-order valence-electron chi connectivity index (χ1n) is 8.24. The molecule has 0 unspecified atom stereocenters. The Bertz CT molecular complexity index is 624. The van der Waals surface area contributed by atoms with Gasteiger partial charge in [-0.15, -0.1) is 0 Å². The molecule has 2 aromatic rings. The molecule has 0 N–H and O–H groups in total. The van der Waals surface area contributed by atoms with Crippen molar-refractivity contribution < 1.29 is 23.5 Å². The minimum absolute atomic E-state index is 0.313. The van der Waals surface area contributed by atoms with Crippen LogP contribution < -0.4 is 0 Å². The van der Waals surface area contributed by atoms with Gasteiger partial charge < -0.3 is 14.0 Å². The van der Waals surface area contributed by atoms with Gasteiger partial charge in [-0.3, -0.25) is 0 Å². The first kappa shape index (κ1) is 18.7. The fourth-order valence-corrected chi connectivity index (χ4v) is 2.20. The van der Waals surface area contributed by atoms with Crippen LogP contribution in [0.2, 0.25) is 0 Å². The lowest BCUT2D eigenvalue weighted by atomic mass is 10.2. The topological polar surface area (TPSA) is 52.6 Å². The average Bonchev–Trinajstić information content (AvgIpc) is 2.62. The predicted octanol–water partition coefficient (Wildman–Crippen LogP) is 2.78. The van der Waals surface area contributed by atoms with E-state index in [2.05, 4.69) is 0 Å². The number of nitrogens with zero attached hydrogens (tertiary/aromatic N) is 1. The molecule has 0 saturated carbocycles. The van der Waals surface area contributed by atoms with E-state index in [-0.39, 0.29) is 11.9 Å². The van der Waals surface area contributed by atoms with E-state index in [4.69, 9.17) is 9.47 Å². The monoisotopic (exact) mass is 342 g/mol. The molecule has 0 saturated heterocycles. The standard InChI is InChI=1S/C20H24NO4/c1-21(2,13-15-24-19(22)17-9-5-3-6-10-17)14-16-25-20(23)18-11-7-4-8-12-18/h3-12H,13-16H2,1-2H3/q+1. The minimum Gasteiger partial charge on any atom is -0.456 e. The van der Waals surface area contributed by atoms with Crippen molar-refractivity contribution in [2.75, 3.05) is 40.4 Å². The molecule has 2 rings (SSSR count). The van der Waals surface area contributed by atoms with Gasteiger partial charge in [0.2, 0.25) is 0 Å². The molecule has 5 heteroatoms. The van der Waals surface area contributed by atoms with Crippen LogP contribution in [0.1, 0.15) is 20.7 Å². The molecule has 0 aliphatic rings. The molecule has 0 bridgehead atoms. The smallest absolute Gasteiger partial charge is 0.338 e. The van der Waals surface area contributed by atoms with Gasteiger partial charge in [0.25, 0.3) is 0 Å². The quantitative estimate of drug-likeness (QED) is 0.547. The summed E-state index contributed by atoms with van der Waals surface area (Å²) in [6, 6.07) is 17.8. The predicted molar refractivity (Wildman–Crippen MR) is 95.3 cm³/mol. The van der Waals surface area contributed by atoms with E-state index < -0.39 is 0 Å². The second kappa shape index (κ2) is 8.99. The Balaban J connectivity index is 1.69. The molecule has 0 aliphatic heterocycles. The highest BCUT2D eigenvalue weighted by Crippen LogP contribution is 2.04. The van der Waals surface area contributed by atoms with Crippen LogP contribution in [0.5, 0.6) is 0 Å². The zero-order valence-electron chi connectivity index (χ0n) is 14.7. The normalized spacial score (nSPS) is 11.0. The molecule has 5 nitrogen and oxygen atoms in total. The molecule has 132 valence electrons. The molecular formula is C20H24NO4+. The van der Waals surface area contributed by atoms with Gasteiger partial charge in [-0.05, 0) is 24.3 Å². The number of hydrogen-bond acceptors (Lipinski definition) is 4. The van der Waals surface area contributed by atoms with E-state index in [1.54, 1.807) is 48.5 Å². The van der Waals surface area contributed by atoms with Crippen LogP contribution in [0.4, 0.5) is 0 Å². The van der Waals surface area contributed by atoms with E-state index in [1.165, 1.54) is 0 Å². The zero-order chi connectivity index (χ0) is 18.1. The van der Waals surface area contributed by atoms with Gasteiger partial charge in [-0.2, -0.15) is 0 Å². The summed E-state index contributed by atoms with van der Waals surface area (Å²) in [5, 5.41) is 0. The Morgan fingerprint density at radius 3 is 1.44 bits per heavy atom. The molecule has 0 atom stereocenters. The molecule has 0 amide bonds. The summed E-state index contributed by atoms with van der Waals surface area (Å²) in [4.78, 5) is 23.8. The van der Waals surface area contributed by atoms with Crippen molar-refractivity contribution in [3.05, 3.63) is 71.8 Å². The van der Waals surface area contributed by atoms with Crippen LogP contribution in [0.25, 0.3) is 0 Å². The van der Waals surface area contributed by atoms with Crippen LogP contribution in [-0.2, 0) is 9.47 Å². The van der Waals surface area contributed by atoms with Crippen molar-refractivity contribution in [2.24, 2.45) is 0 Å². The molecular weight excluding hydrogens is 318 g/mol. The van der Waals surface area contributed by atoms with Crippen molar-refractivity contribution in [3.8, 4) is 0 Å². The SMILES string of the molecule is C[N+](C)(CCOC(=O)c1ccccc1)CCOC(=O)c1ccccc1. The van der Waals surface area contributed by atoms with Crippen molar-refractivity contribution >= 4 is 11.9 Å². The van der Waals surface area contributed by atoms with Gasteiger partial charge in [0, 0.05) is 0 Å². The highest BCUT2D eigenvalue weighted by molar-refractivity contribution is 5.89. The van der Waals surface area contributed by atoms with Gasteiger partial charge in [-0.1, -0.05) is 36.4 Å². The maximum atomic E-state index is 11.9. The minimum atomic E-state index is -0.323. The molecule has 0 radical (unpaired) electrons. The lowest BCUT2D eigenvalue weighted by Gasteiger charge is -2.29. The maximum Gasteiger partial charge on any atom is 0.338 e. The third-order valence-corrected chi connectivity index (χ3v) is 3.88. The van der Waals surface area contributed by atoms with Gasteiger partial charge in [-0.25, -0.2) is 9.59 Å². The van der Waals surface area contributed by atoms with Crippen molar-refractivity contribution in [1.29, 1.82) is 0 Å². The summed E-state index contributed by atoms with van der Waals surface area (Å²) < 4.78 is 11.2. The molecule has 0 heterocycles. The lowest BCUT2D eigenvalue weighted by Crippen LogP contribution is -2.45. The van der Waals surface area contributed by atoms with Gasteiger partial charge in [0.1, 0.15) is 26.3 Å². The van der Waals surface area contributed by atoms with Gasteiger partial charge in [0.15, 0.2) is 0 Å². The lowest BCUT2D eigenvalue weighted by molar-refractivity contribution is -0.890. The number of carbonyl (C=O) groups is 2. The van der Waals surface area contributed by atoms with Crippen molar-refractivity contribution in [3.63, 3.8) is 0 Å².